The van der Waals surface area contributed by atoms with Gasteiger partial charge in [0, 0.05) is 0 Å². The fourth-order valence-corrected chi connectivity index (χ4v) is 1.47. The summed E-state index contributed by atoms with van der Waals surface area (Å²) >= 11 is 0. The van der Waals surface area contributed by atoms with E-state index in [2.05, 4.69) is 45.6 Å². The molecule has 0 saturated carbocycles. The van der Waals surface area contributed by atoms with Crippen LogP contribution in [0.4, 0.5) is 0 Å². The first-order valence-corrected chi connectivity index (χ1v) is 5.22. The highest BCUT2D eigenvalue weighted by Crippen LogP contribution is 2.19. The normalized spacial score (nSPS) is 12.8. The first kappa shape index (κ1) is 12.2. The minimum Gasteiger partial charge on any atom is -0.0991 e. The first-order valence-electron chi connectivity index (χ1n) is 5.22. The van der Waals surface area contributed by atoms with E-state index < -0.39 is 0 Å². The summed E-state index contributed by atoms with van der Waals surface area (Å²) in [6.45, 7) is 10.3. The van der Waals surface area contributed by atoms with E-state index in [0.29, 0.717) is 0 Å². The Morgan fingerprint density at radius 3 is 2.31 bits per heavy atom. The molecule has 0 aliphatic carbocycles. The highest BCUT2D eigenvalue weighted by Gasteiger charge is 2.04. The lowest BCUT2D eigenvalue weighted by molar-refractivity contribution is 0.492. The van der Waals surface area contributed by atoms with Gasteiger partial charge in [-0.2, -0.15) is 0 Å². The topological polar surface area (TPSA) is 0 Å². The lowest BCUT2D eigenvalue weighted by Crippen LogP contribution is -1.97. The summed E-state index contributed by atoms with van der Waals surface area (Å²) in [6.07, 6.45) is 12.0. The standard InChI is InChI=1S/C13H22/c1-5-9-13(10-6-2)11-12(7-3)8-4/h5-6,9-10,12H,1,7-8,11H2,2-4H3/b10-6-,13-9+. The molecule has 0 amide bonds. The Labute approximate surface area is 83.0 Å². The Kier molecular flexibility index (Phi) is 7.38. The zero-order valence-electron chi connectivity index (χ0n) is 9.22. The summed E-state index contributed by atoms with van der Waals surface area (Å²) in [5, 5.41) is 0. The third-order valence-corrected chi connectivity index (χ3v) is 2.39. The maximum absolute atomic E-state index is 3.73. The van der Waals surface area contributed by atoms with Crippen molar-refractivity contribution < 1.29 is 0 Å². The van der Waals surface area contributed by atoms with Gasteiger partial charge in [-0.15, -0.1) is 0 Å². The summed E-state index contributed by atoms with van der Waals surface area (Å²) in [4.78, 5) is 0. The fraction of sp³-hybridized carbons (Fsp3) is 0.538. The van der Waals surface area contributed by atoms with Gasteiger partial charge in [-0.05, 0) is 24.8 Å². The fourth-order valence-electron chi connectivity index (χ4n) is 1.47. The molecule has 0 spiro atoms. The van der Waals surface area contributed by atoms with E-state index >= 15 is 0 Å². The van der Waals surface area contributed by atoms with Gasteiger partial charge in [0.05, 0.1) is 0 Å². The molecule has 0 fully saturated rings. The zero-order chi connectivity index (χ0) is 10.1. The molecule has 0 atom stereocenters. The summed E-state index contributed by atoms with van der Waals surface area (Å²) in [5.41, 5.74) is 1.39. The highest BCUT2D eigenvalue weighted by molar-refractivity contribution is 5.22. The molecule has 0 rings (SSSR count). The molecule has 13 heavy (non-hydrogen) atoms. The third-order valence-electron chi connectivity index (χ3n) is 2.39. The van der Waals surface area contributed by atoms with E-state index in [9.17, 15) is 0 Å². The highest BCUT2D eigenvalue weighted by atomic mass is 14.1. The molecule has 0 bridgehead atoms. The van der Waals surface area contributed by atoms with Crippen LogP contribution in [0.1, 0.15) is 40.0 Å². The van der Waals surface area contributed by atoms with Crippen LogP contribution in [0.15, 0.2) is 36.5 Å². The van der Waals surface area contributed by atoms with Crippen LogP contribution < -0.4 is 0 Å². The Morgan fingerprint density at radius 2 is 1.92 bits per heavy atom. The molecule has 0 radical (unpaired) electrons. The van der Waals surface area contributed by atoms with Gasteiger partial charge in [-0.3, -0.25) is 0 Å². The lowest BCUT2D eigenvalue weighted by atomic mass is 9.94. The van der Waals surface area contributed by atoms with Crippen molar-refractivity contribution >= 4 is 0 Å². The van der Waals surface area contributed by atoms with Crippen molar-refractivity contribution in [3.63, 3.8) is 0 Å². The van der Waals surface area contributed by atoms with E-state index in [-0.39, 0.29) is 0 Å². The monoisotopic (exact) mass is 178 g/mol. The van der Waals surface area contributed by atoms with Crippen molar-refractivity contribution in [1.82, 2.24) is 0 Å². The van der Waals surface area contributed by atoms with Crippen molar-refractivity contribution in [3.05, 3.63) is 36.5 Å². The predicted molar refractivity (Wildman–Crippen MR) is 61.8 cm³/mol. The quantitative estimate of drug-likeness (QED) is 0.525. The second-order valence-corrected chi connectivity index (χ2v) is 3.36. The Balaban J connectivity index is 4.23. The van der Waals surface area contributed by atoms with Crippen molar-refractivity contribution in [2.45, 2.75) is 40.0 Å². The average Bonchev–Trinajstić information content (AvgIpc) is 2.14. The number of rotatable bonds is 6. The Morgan fingerprint density at radius 1 is 1.31 bits per heavy atom. The van der Waals surface area contributed by atoms with Gasteiger partial charge < -0.3 is 0 Å². The molecular formula is C13H22. The van der Waals surface area contributed by atoms with Gasteiger partial charge in [0.1, 0.15) is 0 Å². The molecule has 0 aliphatic rings. The van der Waals surface area contributed by atoms with Gasteiger partial charge in [0.25, 0.3) is 0 Å². The Bertz CT molecular complexity index is 180. The van der Waals surface area contributed by atoms with Crippen LogP contribution in [-0.2, 0) is 0 Å². The first-order chi connectivity index (χ1) is 6.28. The molecule has 0 aromatic carbocycles. The third kappa shape index (κ3) is 5.46. The maximum Gasteiger partial charge on any atom is -0.0251 e. The molecule has 0 nitrogen and oxygen atoms in total. The molecular weight excluding hydrogens is 156 g/mol. The lowest BCUT2D eigenvalue weighted by Gasteiger charge is -2.12. The molecule has 0 N–H and O–H groups in total. The second kappa shape index (κ2) is 7.85. The van der Waals surface area contributed by atoms with Crippen LogP contribution in [0.5, 0.6) is 0 Å². The van der Waals surface area contributed by atoms with Crippen LogP contribution >= 0.6 is 0 Å². The minimum atomic E-state index is 0.822. The van der Waals surface area contributed by atoms with Gasteiger partial charge in [-0.25, -0.2) is 0 Å². The smallest absolute Gasteiger partial charge is 0.0251 e. The predicted octanol–water partition coefficient (Wildman–Crippen LogP) is 4.50. The molecule has 0 aliphatic heterocycles. The van der Waals surface area contributed by atoms with Crippen molar-refractivity contribution in [3.8, 4) is 0 Å². The van der Waals surface area contributed by atoms with Crippen LogP contribution in [0.2, 0.25) is 0 Å². The Hall–Kier alpha value is -0.780. The van der Waals surface area contributed by atoms with Crippen molar-refractivity contribution in [1.29, 1.82) is 0 Å². The maximum atomic E-state index is 3.73. The van der Waals surface area contributed by atoms with E-state index in [1.807, 2.05) is 6.08 Å². The van der Waals surface area contributed by atoms with Crippen molar-refractivity contribution in [2.75, 3.05) is 0 Å². The van der Waals surface area contributed by atoms with Gasteiger partial charge in [-0.1, -0.05) is 57.6 Å². The van der Waals surface area contributed by atoms with Crippen LogP contribution in [0.3, 0.4) is 0 Å². The summed E-state index contributed by atoms with van der Waals surface area (Å²) < 4.78 is 0. The molecule has 0 aromatic heterocycles. The van der Waals surface area contributed by atoms with Crippen LogP contribution in [0.25, 0.3) is 0 Å². The number of allylic oxidation sites excluding steroid dienone is 5. The molecule has 0 unspecified atom stereocenters. The minimum absolute atomic E-state index is 0.822. The van der Waals surface area contributed by atoms with Crippen molar-refractivity contribution in [2.24, 2.45) is 5.92 Å². The zero-order valence-corrected chi connectivity index (χ0v) is 9.22. The van der Waals surface area contributed by atoms with Gasteiger partial charge >= 0.3 is 0 Å². The molecule has 0 aromatic rings. The summed E-state index contributed by atoms with van der Waals surface area (Å²) in [6, 6.07) is 0. The molecule has 0 saturated heterocycles. The van der Waals surface area contributed by atoms with E-state index in [0.717, 1.165) is 5.92 Å². The molecule has 0 heterocycles. The average molecular weight is 178 g/mol. The van der Waals surface area contributed by atoms with Gasteiger partial charge in [0.2, 0.25) is 0 Å². The number of hydrogen-bond acceptors (Lipinski definition) is 0. The van der Waals surface area contributed by atoms with E-state index in [1.165, 1.54) is 24.8 Å². The van der Waals surface area contributed by atoms with E-state index in [4.69, 9.17) is 0 Å². The summed E-state index contributed by atoms with van der Waals surface area (Å²) in [5.74, 6) is 0.822. The van der Waals surface area contributed by atoms with Crippen LogP contribution in [0, 0.1) is 5.92 Å². The SMILES string of the molecule is C=C/C=C(\C=C/C)CC(CC)CC. The summed E-state index contributed by atoms with van der Waals surface area (Å²) in [7, 11) is 0. The van der Waals surface area contributed by atoms with Gasteiger partial charge in [0.15, 0.2) is 0 Å². The molecule has 0 heteroatoms. The largest absolute Gasteiger partial charge is 0.0991 e. The van der Waals surface area contributed by atoms with Crippen LogP contribution in [-0.4, -0.2) is 0 Å². The second-order valence-electron chi connectivity index (χ2n) is 3.36. The molecule has 74 valence electrons. The number of hydrogen-bond donors (Lipinski definition) is 0. The van der Waals surface area contributed by atoms with E-state index in [1.54, 1.807) is 0 Å².